The first-order valence-corrected chi connectivity index (χ1v) is 9.82. The van der Waals surface area contributed by atoms with Crippen LogP contribution in [0.15, 0.2) is 40.1 Å². The number of hydrogen-bond acceptors (Lipinski definition) is 6. The molecule has 0 spiro atoms. The van der Waals surface area contributed by atoms with E-state index in [9.17, 15) is 9.18 Å². The molecule has 3 aliphatic heterocycles. The van der Waals surface area contributed by atoms with Gasteiger partial charge in [-0.2, -0.15) is 0 Å². The number of hydrogen-bond donors (Lipinski definition) is 1. The minimum atomic E-state index is -0.508. The third kappa shape index (κ3) is 4.03. The van der Waals surface area contributed by atoms with E-state index >= 15 is 0 Å². The van der Waals surface area contributed by atoms with E-state index in [2.05, 4.69) is 27.0 Å². The molecule has 8 nitrogen and oxygen atoms in total. The fourth-order valence-corrected chi connectivity index (χ4v) is 3.61. The van der Waals surface area contributed by atoms with E-state index < -0.39 is 5.82 Å². The molecule has 3 heterocycles. The van der Waals surface area contributed by atoms with Gasteiger partial charge in [-0.25, -0.2) is 14.2 Å². The summed E-state index contributed by atoms with van der Waals surface area (Å²) in [5.74, 6) is 1.48. The fourth-order valence-electron chi connectivity index (χ4n) is 3.61. The molecule has 0 aromatic heterocycles. The lowest BCUT2D eigenvalue weighted by molar-refractivity contribution is 0.167. The highest BCUT2D eigenvalue weighted by atomic mass is 19.1. The van der Waals surface area contributed by atoms with Crippen LogP contribution in [0.2, 0.25) is 0 Å². The number of anilines is 1. The number of piperazine rings is 1. The highest BCUT2D eigenvalue weighted by Gasteiger charge is 2.28. The molecule has 154 valence electrons. The average molecular weight is 400 g/mol. The maximum atomic E-state index is 13.8. The van der Waals surface area contributed by atoms with Crippen LogP contribution in [0, 0.1) is 5.82 Å². The Morgan fingerprint density at radius 2 is 2.10 bits per heavy atom. The van der Waals surface area contributed by atoms with Crippen molar-refractivity contribution in [2.24, 2.45) is 9.98 Å². The number of carbonyl (C=O) groups is 1. The molecule has 1 fully saturated rings. The third-order valence-electron chi connectivity index (χ3n) is 5.37. The van der Waals surface area contributed by atoms with Crippen molar-refractivity contribution in [1.82, 2.24) is 14.7 Å². The van der Waals surface area contributed by atoms with E-state index in [0.717, 1.165) is 24.6 Å². The second kappa shape index (κ2) is 8.10. The van der Waals surface area contributed by atoms with Gasteiger partial charge in [-0.05, 0) is 18.6 Å². The van der Waals surface area contributed by atoms with E-state index in [1.807, 2.05) is 12.4 Å². The number of amides is 2. The standard InChI is InChI=1S/C20H25FN6O2/c1-3-14-12-27-13-22-18(11-19(27)23-14)25-6-8-26(9-7-25)20(28)24-15-4-5-17(29-2)16(21)10-15/h4-5,10-11,13-14H,3,6-9,12H2,1-2H3,(H,24,28)/t14-/m1/s1. The van der Waals surface area contributed by atoms with Crippen molar-refractivity contribution in [2.45, 2.75) is 19.4 Å². The van der Waals surface area contributed by atoms with Crippen LogP contribution in [-0.4, -0.2) is 78.8 Å². The summed E-state index contributed by atoms with van der Waals surface area (Å²) < 4.78 is 18.7. The van der Waals surface area contributed by atoms with E-state index in [0.29, 0.717) is 37.9 Å². The SMILES string of the molecule is CC[C@@H]1CN2C=NC(N3CCN(C(=O)Nc4ccc(OC)c(F)c4)CC3)=CC2=N1. The Hall–Kier alpha value is -3.10. The first-order chi connectivity index (χ1) is 14.1. The summed E-state index contributed by atoms with van der Waals surface area (Å²) in [5, 5.41) is 2.74. The number of carbonyl (C=O) groups excluding carboxylic acids is 1. The van der Waals surface area contributed by atoms with Gasteiger partial charge in [-0.1, -0.05) is 6.92 Å². The van der Waals surface area contributed by atoms with Gasteiger partial charge in [-0.15, -0.1) is 0 Å². The van der Waals surface area contributed by atoms with Crippen LogP contribution in [0.5, 0.6) is 5.75 Å². The van der Waals surface area contributed by atoms with Crippen LogP contribution in [0.25, 0.3) is 0 Å². The molecule has 0 aliphatic carbocycles. The van der Waals surface area contributed by atoms with Crippen LogP contribution < -0.4 is 10.1 Å². The number of benzene rings is 1. The molecule has 0 unspecified atom stereocenters. The molecule has 29 heavy (non-hydrogen) atoms. The lowest BCUT2D eigenvalue weighted by Crippen LogP contribution is -2.49. The molecule has 0 saturated carbocycles. The molecule has 1 aromatic carbocycles. The van der Waals surface area contributed by atoms with E-state index in [4.69, 9.17) is 9.73 Å². The molecule has 1 aromatic rings. The zero-order valence-electron chi connectivity index (χ0n) is 16.6. The fraction of sp³-hybridized carbons (Fsp3) is 0.450. The van der Waals surface area contributed by atoms with Crippen LogP contribution in [0.4, 0.5) is 14.9 Å². The highest BCUT2D eigenvalue weighted by molar-refractivity contribution is 6.03. The van der Waals surface area contributed by atoms with Crippen molar-refractivity contribution >= 4 is 23.9 Å². The first-order valence-electron chi connectivity index (χ1n) is 9.82. The molecule has 1 saturated heterocycles. The van der Waals surface area contributed by atoms with Crippen molar-refractivity contribution in [2.75, 3.05) is 45.2 Å². The van der Waals surface area contributed by atoms with Gasteiger partial charge in [0.1, 0.15) is 11.7 Å². The summed E-state index contributed by atoms with van der Waals surface area (Å²) in [4.78, 5) is 27.7. The van der Waals surface area contributed by atoms with Gasteiger partial charge in [0.05, 0.1) is 19.5 Å². The number of nitrogens with one attached hydrogen (secondary N) is 1. The van der Waals surface area contributed by atoms with Crippen molar-refractivity contribution in [3.05, 3.63) is 35.9 Å². The van der Waals surface area contributed by atoms with Gasteiger partial charge in [0.2, 0.25) is 0 Å². The smallest absolute Gasteiger partial charge is 0.321 e. The van der Waals surface area contributed by atoms with E-state index in [-0.39, 0.29) is 11.8 Å². The quantitative estimate of drug-likeness (QED) is 0.842. The maximum Gasteiger partial charge on any atom is 0.321 e. The number of nitrogens with zero attached hydrogens (tertiary/aromatic N) is 5. The van der Waals surface area contributed by atoms with Gasteiger partial charge >= 0.3 is 6.03 Å². The zero-order valence-corrected chi connectivity index (χ0v) is 16.6. The van der Waals surface area contributed by atoms with E-state index in [1.165, 1.54) is 19.2 Å². The molecule has 2 amide bonds. The Kier molecular flexibility index (Phi) is 5.37. The van der Waals surface area contributed by atoms with Crippen LogP contribution in [0.1, 0.15) is 13.3 Å². The van der Waals surface area contributed by atoms with Crippen LogP contribution >= 0.6 is 0 Å². The first kappa shape index (κ1) is 19.2. The molecule has 1 N–H and O–H groups in total. The summed E-state index contributed by atoms with van der Waals surface area (Å²) in [5.41, 5.74) is 0.403. The minimum Gasteiger partial charge on any atom is -0.494 e. The summed E-state index contributed by atoms with van der Waals surface area (Å²) in [6.07, 6.45) is 4.88. The molecule has 9 heteroatoms. The Balaban J connectivity index is 1.33. The van der Waals surface area contributed by atoms with Gasteiger partial charge in [0, 0.05) is 50.6 Å². The average Bonchev–Trinajstić information content (AvgIpc) is 3.16. The Morgan fingerprint density at radius 3 is 2.79 bits per heavy atom. The zero-order chi connectivity index (χ0) is 20.4. The Morgan fingerprint density at radius 1 is 1.31 bits per heavy atom. The molecule has 1 atom stereocenters. The number of methoxy groups -OCH3 is 1. The summed E-state index contributed by atoms with van der Waals surface area (Å²) >= 11 is 0. The molecule has 0 radical (unpaired) electrons. The summed E-state index contributed by atoms with van der Waals surface area (Å²) in [6.45, 7) is 5.50. The summed E-state index contributed by atoms with van der Waals surface area (Å²) in [6, 6.07) is 4.46. The predicted octanol–water partition coefficient (Wildman–Crippen LogP) is 2.36. The molecule has 3 aliphatic rings. The second-order valence-electron chi connectivity index (χ2n) is 7.20. The maximum absolute atomic E-state index is 13.8. The van der Waals surface area contributed by atoms with Gasteiger partial charge in [0.15, 0.2) is 11.6 Å². The highest BCUT2D eigenvalue weighted by Crippen LogP contribution is 2.22. The number of rotatable bonds is 4. The van der Waals surface area contributed by atoms with Crippen molar-refractivity contribution < 1.29 is 13.9 Å². The number of ether oxygens (including phenoxy) is 1. The Labute approximate surface area is 169 Å². The number of halogens is 1. The molecular weight excluding hydrogens is 375 g/mol. The van der Waals surface area contributed by atoms with Gasteiger partial charge in [0.25, 0.3) is 0 Å². The van der Waals surface area contributed by atoms with Crippen molar-refractivity contribution in [3.63, 3.8) is 0 Å². The van der Waals surface area contributed by atoms with Crippen LogP contribution in [0.3, 0.4) is 0 Å². The topological polar surface area (TPSA) is 72.8 Å². The molecule has 0 bridgehead atoms. The molecular formula is C20H25FN6O2. The van der Waals surface area contributed by atoms with Crippen molar-refractivity contribution in [3.8, 4) is 5.75 Å². The second-order valence-corrected chi connectivity index (χ2v) is 7.20. The lowest BCUT2D eigenvalue weighted by Gasteiger charge is -2.36. The van der Waals surface area contributed by atoms with Crippen LogP contribution in [-0.2, 0) is 0 Å². The Bertz CT molecular complexity index is 876. The number of urea groups is 1. The largest absolute Gasteiger partial charge is 0.494 e. The van der Waals surface area contributed by atoms with Gasteiger partial charge in [-0.3, -0.25) is 4.99 Å². The molecule has 4 rings (SSSR count). The normalized spacial score (nSPS) is 20.9. The minimum absolute atomic E-state index is 0.147. The monoisotopic (exact) mass is 400 g/mol. The summed E-state index contributed by atoms with van der Waals surface area (Å²) in [7, 11) is 1.40. The number of fused-ring (bicyclic) bond motifs is 1. The predicted molar refractivity (Wildman–Crippen MR) is 110 cm³/mol. The number of aliphatic imine (C=N–C) groups is 2. The van der Waals surface area contributed by atoms with Crippen molar-refractivity contribution in [1.29, 1.82) is 0 Å². The number of amidine groups is 1. The third-order valence-corrected chi connectivity index (χ3v) is 5.37. The lowest BCUT2D eigenvalue weighted by atomic mass is 10.2. The van der Waals surface area contributed by atoms with E-state index in [1.54, 1.807) is 11.0 Å². The van der Waals surface area contributed by atoms with Gasteiger partial charge < -0.3 is 24.8 Å².